The van der Waals surface area contributed by atoms with E-state index in [0.717, 1.165) is 83.5 Å². The van der Waals surface area contributed by atoms with Gasteiger partial charge in [-0.3, -0.25) is 9.59 Å². The Labute approximate surface area is 330 Å². The summed E-state index contributed by atoms with van der Waals surface area (Å²) in [6.45, 7) is 4.53. The summed E-state index contributed by atoms with van der Waals surface area (Å²) in [5.41, 5.74) is 0. The molecule has 0 fully saturated rings. The minimum Gasteiger partial charge on any atom is -0.477 e. The SMILES string of the molecule is CC/C=C/C/C=C/C/C=C/C/C=C/C/C=C/C/C=C/CCCCCC(=O)OCC(COCCC(C(=O)O)[N+](C)(C)C)OC(=O)CCCCCCCCCC. The molecule has 0 amide bonds. The highest BCUT2D eigenvalue weighted by molar-refractivity contribution is 5.72. The normalized spacial score (nSPS) is 13.7. The van der Waals surface area contributed by atoms with Crippen molar-refractivity contribution in [3.8, 4) is 0 Å². The molecule has 0 rings (SSSR count). The molecule has 0 aliphatic heterocycles. The number of unbranched alkanes of at least 4 members (excludes halogenated alkanes) is 10. The lowest BCUT2D eigenvalue weighted by molar-refractivity contribution is -0.887. The second-order valence-electron chi connectivity index (χ2n) is 14.9. The van der Waals surface area contributed by atoms with Crippen LogP contribution in [0, 0.1) is 0 Å². The highest BCUT2D eigenvalue weighted by atomic mass is 16.6. The third kappa shape index (κ3) is 34.5. The molecule has 0 saturated heterocycles. The van der Waals surface area contributed by atoms with E-state index in [1.165, 1.54) is 32.1 Å². The molecule has 0 spiro atoms. The van der Waals surface area contributed by atoms with E-state index in [0.29, 0.717) is 19.3 Å². The monoisotopic (exact) mass is 757 g/mol. The van der Waals surface area contributed by atoms with Crippen LogP contribution in [0.4, 0.5) is 0 Å². The number of likely N-dealkylation sites (N-methyl/N-ethyl adjacent to an activating group) is 1. The lowest BCUT2D eigenvalue weighted by Gasteiger charge is -2.31. The minimum atomic E-state index is -0.884. The summed E-state index contributed by atoms with van der Waals surface area (Å²) in [6, 6.07) is -0.620. The molecule has 0 aliphatic carbocycles. The smallest absolute Gasteiger partial charge is 0.362 e. The van der Waals surface area contributed by atoms with Crippen LogP contribution >= 0.6 is 0 Å². The van der Waals surface area contributed by atoms with Gasteiger partial charge in [0.15, 0.2) is 12.1 Å². The molecule has 8 heteroatoms. The van der Waals surface area contributed by atoms with Crippen molar-refractivity contribution in [1.82, 2.24) is 0 Å². The Morgan fingerprint density at radius 1 is 0.574 bits per heavy atom. The highest BCUT2D eigenvalue weighted by Crippen LogP contribution is 2.12. The average Bonchev–Trinajstić information content (AvgIpc) is 3.12. The maximum atomic E-state index is 12.6. The number of nitrogens with zero attached hydrogens (tertiary/aromatic N) is 1. The molecule has 1 N–H and O–H groups in total. The molecule has 0 aromatic heterocycles. The first-order chi connectivity index (χ1) is 26.1. The zero-order valence-corrected chi connectivity index (χ0v) is 34.9. The maximum Gasteiger partial charge on any atom is 0.362 e. The van der Waals surface area contributed by atoms with Crippen molar-refractivity contribution >= 4 is 17.9 Å². The number of hydrogen-bond donors (Lipinski definition) is 1. The summed E-state index contributed by atoms with van der Waals surface area (Å²) in [7, 11) is 5.50. The summed E-state index contributed by atoms with van der Waals surface area (Å²) < 4.78 is 17.2. The minimum absolute atomic E-state index is 0.0475. The Morgan fingerprint density at radius 3 is 1.54 bits per heavy atom. The molecule has 8 nitrogen and oxygen atoms in total. The highest BCUT2D eigenvalue weighted by Gasteiger charge is 2.31. The van der Waals surface area contributed by atoms with Gasteiger partial charge in [0.05, 0.1) is 34.4 Å². The first-order valence-electron chi connectivity index (χ1n) is 21.0. The maximum absolute atomic E-state index is 12.6. The first-order valence-corrected chi connectivity index (χ1v) is 21.0. The molecule has 0 saturated carbocycles. The predicted octanol–water partition coefficient (Wildman–Crippen LogP) is 11.2. The molecule has 0 aliphatic rings. The Kier molecular flexibility index (Phi) is 34.5. The van der Waals surface area contributed by atoms with E-state index in [1.807, 2.05) is 21.1 Å². The van der Waals surface area contributed by atoms with E-state index in [2.05, 4.69) is 86.8 Å². The fourth-order valence-electron chi connectivity index (χ4n) is 5.62. The second-order valence-corrected chi connectivity index (χ2v) is 14.9. The third-order valence-electron chi connectivity index (χ3n) is 8.87. The molecule has 0 heterocycles. The second kappa shape index (κ2) is 36.7. The van der Waals surface area contributed by atoms with Gasteiger partial charge in [-0.25, -0.2) is 4.79 Å². The molecular weight excluding hydrogens is 679 g/mol. The van der Waals surface area contributed by atoms with Gasteiger partial charge in [-0.15, -0.1) is 0 Å². The van der Waals surface area contributed by atoms with Crippen LogP contribution in [0.2, 0.25) is 0 Å². The van der Waals surface area contributed by atoms with Gasteiger partial charge in [0.1, 0.15) is 6.61 Å². The van der Waals surface area contributed by atoms with Crippen molar-refractivity contribution in [3.63, 3.8) is 0 Å². The number of esters is 2. The Balaban J connectivity index is 4.33. The van der Waals surface area contributed by atoms with Crippen LogP contribution < -0.4 is 0 Å². The van der Waals surface area contributed by atoms with Crippen molar-refractivity contribution in [2.45, 2.75) is 161 Å². The van der Waals surface area contributed by atoms with E-state index in [-0.39, 0.29) is 36.2 Å². The fourth-order valence-corrected chi connectivity index (χ4v) is 5.62. The molecule has 2 unspecified atom stereocenters. The number of carboxylic acids is 1. The topological polar surface area (TPSA) is 99.1 Å². The van der Waals surface area contributed by atoms with E-state index in [9.17, 15) is 19.5 Å². The van der Waals surface area contributed by atoms with Gasteiger partial charge in [-0.05, 0) is 64.2 Å². The van der Waals surface area contributed by atoms with Crippen LogP contribution in [0.25, 0.3) is 0 Å². The van der Waals surface area contributed by atoms with Gasteiger partial charge >= 0.3 is 17.9 Å². The van der Waals surface area contributed by atoms with E-state index in [1.54, 1.807) is 0 Å². The van der Waals surface area contributed by atoms with Gasteiger partial charge in [-0.1, -0.05) is 138 Å². The number of aliphatic carboxylic acids is 1. The van der Waals surface area contributed by atoms with Crippen LogP contribution in [0.1, 0.15) is 149 Å². The predicted molar refractivity (Wildman–Crippen MR) is 224 cm³/mol. The van der Waals surface area contributed by atoms with E-state index in [4.69, 9.17) is 14.2 Å². The van der Waals surface area contributed by atoms with Crippen LogP contribution in [0.5, 0.6) is 0 Å². The third-order valence-corrected chi connectivity index (χ3v) is 8.87. The first kappa shape index (κ1) is 50.8. The van der Waals surface area contributed by atoms with Crippen molar-refractivity contribution in [2.24, 2.45) is 0 Å². The lowest BCUT2D eigenvalue weighted by atomic mass is 10.1. The van der Waals surface area contributed by atoms with Gasteiger partial charge in [0.25, 0.3) is 0 Å². The zero-order valence-electron chi connectivity index (χ0n) is 34.9. The molecule has 0 bridgehead atoms. The van der Waals surface area contributed by atoms with E-state index < -0.39 is 18.1 Å². The Bertz CT molecular complexity index is 1110. The standard InChI is InChI=1S/C46H77NO7/c1-6-8-10-12-14-16-17-18-19-20-21-22-23-24-25-26-27-28-29-31-32-34-36-44(48)53-41-42(40-52-39-38-43(46(50)51)47(3,4)5)54-45(49)37-35-33-30-15-13-11-9-7-2/h8,10,14,16,18-19,21-22,24-25,27-28,42-43H,6-7,9,11-13,15,17,20,23,26,29-41H2,1-5H3/p+1/b10-8+,16-14+,19-18+,22-21+,25-24+,28-27+. The lowest BCUT2D eigenvalue weighted by Crippen LogP contribution is -2.50. The van der Waals surface area contributed by atoms with Crippen molar-refractivity contribution < 1.29 is 38.2 Å². The van der Waals surface area contributed by atoms with Crippen LogP contribution in [-0.2, 0) is 28.6 Å². The average molecular weight is 757 g/mol. The Morgan fingerprint density at radius 2 is 1.04 bits per heavy atom. The van der Waals surface area contributed by atoms with Gasteiger partial charge in [-0.2, -0.15) is 0 Å². The van der Waals surface area contributed by atoms with Crippen molar-refractivity contribution in [3.05, 3.63) is 72.9 Å². The molecule has 0 aromatic rings. The summed E-state index contributed by atoms with van der Waals surface area (Å²) in [4.78, 5) is 36.8. The van der Waals surface area contributed by atoms with Gasteiger partial charge in [0, 0.05) is 19.3 Å². The number of carbonyl (C=O) groups is 3. The van der Waals surface area contributed by atoms with Gasteiger partial charge < -0.3 is 23.8 Å². The summed E-state index contributed by atoms with van der Waals surface area (Å²) in [5.74, 6) is -1.52. The number of quaternary nitrogens is 1. The largest absolute Gasteiger partial charge is 0.477 e. The number of rotatable bonds is 36. The molecule has 308 valence electrons. The summed E-state index contributed by atoms with van der Waals surface area (Å²) >= 11 is 0. The molecule has 0 aromatic carbocycles. The van der Waals surface area contributed by atoms with Crippen molar-refractivity contribution in [2.75, 3.05) is 41.0 Å². The number of ether oxygens (including phenoxy) is 3. The van der Waals surface area contributed by atoms with Crippen molar-refractivity contribution in [1.29, 1.82) is 0 Å². The zero-order chi connectivity index (χ0) is 40.0. The molecule has 0 radical (unpaired) electrons. The van der Waals surface area contributed by atoms with Gasteiger partial charge in [0.2, 0.25) is 0 Å². The molecular formula is C46H78NO7+. The number of carboxylic acid groups (broad SMARTS) is 1. The fraction of sp³-hybridized carbons (Fsp3) is 0.674. The van der Waals surface area contributed by atoms with E-state index >= 15 is 0 Å². The Hall–Kier alpha value is -3.23. The molecule has 54 heavy (non-hydrogen) atoms. The van der Waals surface area contributed by atoms with Crippen LogP contribution in [0.3, 0.4) is 0 Å². The number of carbonyl (C=O) groups excluding carboxylic acids is 2. The quantitative estimate of drug-likeness (QED) is 0.0294. The number of allylic oxidation sites excluding steroid dienone is 12. The van der Waals surface area contributed by atoms with Crippen LogP contribution in [-0.4, -0.2) is 80.6 Å². The molecule has 2 atom stereocenters. The van der Waals surface area contributed by atoms with Crippen LogP contribution in [0.15, 0.2) is 72.9 Å². The number of hydrogen-bond acceptors (Lipinski definition) is 6. The summed E-state index contributed by atoms with van der Waals surface area (Å²) in [6.07, 6.45) is 45.3. The summed E-state index contributed by atoms with van der Waals surface area (Å²) in [5, 5.41) is 9.58.